The van der Waals surface area contributed by atoms with Crippen LogP contribution in [0.15, 0.2) is 18.2 Å². The van der Waals surface area contributed by atoms with Gasteiger partial charge in [0.15, 0.2) is 0 Å². The van der Waals surface area contributed by atoms with Gasteiger partial charge < -0.3 is 4.74 Å². The van der Waals surface area contributed by atoms with Crippen molar-refractivity contribution in [2.45, 2.75) is 0 Å². The van der Waals surface area contributed by atoms with Crippen LogP contribution >= 0.6 is 0 Å². The third kappa shape index (κ3) is 1.61. The molecule has 1 rings (SSSR count). The van der Waals surface area contributed by atoms with Gasteiger partial charge in [-0.1, -0.05) is 17.6 Å². The smallest absolute Gasteiger partial charge is 0.150 e. The maximum atomic E-state index is 10.3. The van der Waals surface area contributed by atoms with Gasteiger partial charge in [0.2, 0.25) is 0 Å². The van der Waals surface area contributed by atoms with E-state index in [1.807, 2.05) is 0 Å². The lowest BCUT2D eigenvalue weighted by atomic mass is 9.94. The van der Waals surface area contributed by atoms with Crippen LogP contribution in [0.1, 0.15) is 10.4 Å². The highest BCUT2D eigenvalue weighted by Crippen LogP contribution is 2.06. The van der Waals surface area contributed by atoms with Crippen molar-refractivity contribution in [2.75, 3.05) is 7.11 Å². The summed E-state index contributed by atoms with van der Waals surface area (Å²) in [6.07, 6.45) is 0.752. The third-order valence-corrected chi connectivity index (χ3v) is 1.39. The lowest BCUT2D eigenvalue weighted by molar-refractivity contribution is 0.112. The van der Waals surface area contributed by atoms with Gasteiger partial charge in [-0.3, -0.25) is 4.79 Å². The zero-order valence-corrected chi connectivity index (χ0v) is 6.20. The number of benzene rings is 1. The molecule has 0 aliphatic rings. The van der Waals surface area contributed by atoms with Crippen molar-refractivity contribution < 1.29 is 9.53 Å². The van der Waals surface area contributed by atoms with Crippen molar-refractivity contribution in [3.8, 4) is 5.75 Å². The van der Waals surface area contributed by atoms with Crippen LogP contribution < -0.4 is 10.2 Å². The number of rotatable bonds is 2. The number of ether oxygens (including phenoxy) is 1. The second kappa shape index (κ2) is 3.24. The maximum absolute atomic E-state index is 10.3. The first-order valence-corrected chi connectivity index (χ1v) is 3.16. The first-order chi connectivity index (χ1) is 5.27. The molecule has 1 aromatic carbocycles. The molecule has 2 nitrogen and oxygen atoms in total. The maximum Gasteiger partial charge on any atom is 0.150 e. The minimum atomic E-state index is 0.537. The Morgan fingerprint density at radius 3 is 2.82 bits per heavy atom. The van der Waals surface area contributed by atoms with E-state index in [1.54, 1.807) is 18.2 Å². The highest BCUT2D eigenvalue weighted by molar-refractivity contribution is 6.34. The molecule has 11 heavy (non-hydrogen) atoms. The van der Waals surface area contributed by atoms with Crippen molar-refractivity contribution >= 4 is 19.6 Å². The Morgan fingerprint density at radius 1 is 1.55 bits per heavy atom. The Kier molecular flexibility index (Phi) is 2.31. The fourth-order valence-corrected chi connectivity index (χ4v) is 0.801. The topological polar surface area (TPSA) is 26.3 Å². The average Bonchev–Trinajstić information content (AvgIpc) is 2.05. The molecule has 0 N–H and O–H groups in total. The quantitative estimate of drug-likeness (QED) is 0.443. The van der Waals surface area contributed by atoms with E-state index in [0.717, 1.165) is 6.29 Å². The SMILES string of the molecule is [B]c1ccc(C=O)cc1OC. The first-order valence-electron chi connectivity index (χ1n) is 3.16. The van der Waals surface area contributed by atoms with Gasteiger partial charge in [0, 0.05) is 5.56 Å². The van der Waals surface area contributed by atoms with Gasteiger partial charge in [-0.25, -0.2) is 0 Å². The van der Waals surface area contributed by atoms with Gasteiger partial charge in [0.25, 0.3) is 0 Å². The molecule has 0 spiro atoms. The first kappa shape index (κ1) is 7.86. The van der Waals surface area contributed by atoms with E-state index in [2.05, 4.69) is 0 Å². The summed E-state index contributed by atoms with van der Waals surface area (Å²) < 4.78 is 4.90. The Balaban J connectivity index is 3.12. The number of hydrogen-bond acceptors (Lipinski definition) is 2. The van der Waals surface area contributed by atoms with E-state index < -0.39 is 0 Å². The lowest BCUT2D eigenvalue weighted by Crippen LogP contribution is -2.06. The van der Waals surface area contributed by atoms with Crippen LogP contribution in [0.5, 0.6) is 5.75 Å². The predicted octanol–water partition coefficient (Wildman–Crippen LogP) is 0.301. The molecule has 2 radical (unpaired) electrons. The minimum Gasteiger partial charge on any atom is -0.497 e. The Bertz CT molecular complexity index is 271. The normalized spacial score (nSPS) is 9.18. The summed E-state index contributed by atoms with van der Waals surface area (Å²) in [6, 6.07) is 4.88. The molecular weight excluding hydrogens is 139 g/mol. The second-order valence-corrected chi connectivity index (χ2v) is 2.12. The van der Waals surface area contributed by atoms with Crippen LogP contribution in [0.2, 0.25) is 0 Å². The Labute approximate surface area is 66.6 Å². The molecule has 0 fully saturated rings. The largest absolute Gasteiger partial charge is 0.497 e. The van der Waals surface area contributed by atoms with Gasteiger partial charge in [-0.05, 0) is 6.07 Å². The van der Waals surface area contributed by atoms with E-state index in [1.165, 1.54) is 7.11 Å². The summed E-state index contributed by atoms with van der Waals surface area (Å²) in [4.78, 5) is 10.3. The number of methoxy groups -OCH3 is 1. The molecule has 0 aliphatic carbocycles. The summed E-state index contributed by atoms with van der Waals surface area (Å²) in [5.74, 6) is 0.537. The van der Waals surface area contributed by atoms with Crippen LogP contribution in [0.4, 0.5) is 0 Å². The molecule has 1 aromatic rings. The van der Waals surface area contributed by atoms with E-state index in [-0.39, 0.29) is 0 Å². The molecule has 3 heteroatoms. The zero-order chi connectivity index (χ0) is 8.27. The molecule has 0 saturated carbocycles. The summed E-state index contributed by atoms with van der Waals surface area (Å²) in [5.41, 5.74) is 1.11. The van der Waals surface area contributed by atoms with Crippen molar-refractivity contribution in [1.82, 2.24) is 0 Å². The molecule has 0 bridgehead atoms. The van der Waals surface area contributed by atoms with E-state index in [4.69, 9.17) is 12.6 Å². The number of carbonyl (C=O) groups is 1. The van der Waals surface area contributed by atoms with E-state index >= 15 is 0 Å². The van der Waals surface area contributed by atoms with Crippen molar-refractivity contribution in [1.29, 1.82) is 0 Å². The van der Waals surface area contributed by atoms with Crippen LogP contribution in [0, 0.1) is 0 Å². The van der Waals surface area contributed by atoms with Crippen LogP contribution in [-0.2, 0) is 0 Å². The van der Waals surface area contributed by atoms with Gasteiger partial charge in [0.1, 0.15) is 19.9 Å². The van der Waals surface area contributed by atoms with Crippen molar-refractivity contribution in [3.63, 3.8) is 0 Å². The molecule has 0 aromatic heterocycles. The predicted molar refractivity (Wildman–Crippen MR) is 43.8 cm³/mol. The molecule has 0 amide bonds. The van der Waals surface area contributed by atoms with Crippen LogP contribution in [-0.4, -0.2) is 21.2 Å². The number of aldehydes is 1. The average molecular weight is 146 g/mol. The van der Waals surface area contributed by atoms with Gasteiger partial charge in [-0.2, -0.15) is 0 Å². The summed E-state index contributed by atoms with van der Waals surface area (Å²) in [7, 11) is 7.03. The minimum absolute atomic E-state index is 0.537. The van der Waals surface area contributed by atoms with Gasteiger partial charge in [-0.15, -0.1) is 0 Å². The van der Waals surface area contributed by atoms with E-state index in [9.17, 15) is 4.79 Å². The standard InChI is InChI=1S/C8H7BO2/c1-11-8-4-6(5-10)2-3-7(8)9/h2-5H,1H3. The molecule has 0 atom stereocenters. The Hall–Kier alpha value is -1.25. The highest BCUT2D eigenvalue weighted by atomic mass is 16.5. The van der Waals surface area contributed by atoms with Gasteiger partial charge in [0.05, 0.1) is 7.11 Å². The fraction of sp³-hybridized carbons (Fsp3) is 0.125. The molecule has 0 aliphatic heterocycles. The van der Waals surface area contributed by atoms with E-state index in [0.29, 0.717) is 16.8 Å². The van der Waals surface area contributed by atoms with Crippen LogP contribution in [0.3, 0.4) is 0 Å². The summed E-state index contributed by atoms with van der Waals surface area (Å²) in [6.45, 7) is 0. The molecule has 0 saturated heterocycles. The number of hydrogen-bond donors (Lipinski definition) is 0. The molecule has 0 unspecified atom stereocenters. The molecule has 0 heterocycles. The summed E-state index contributed by atoms with van der Waals surface area (Å²) >= 11 is 0. The zero-order valence-electron chi connectivity index (χ0n) is 6.20. The molecular formula is C8H7BO2. The third-order valence-electron chi connectivity index (χ3n) is 1.39. The molecule has 54 valence electrons. The second-order valence-electron chi connectivity index (χ2n) is 2.12. The van der Waals surface area contributed by atoms with Crippen LogP contribution in [0.25, 0.3) is 0 Å². The van der Waals surface area contributed by atoms with Crippen molar-refractivity contribution in [3.05, 3.63) is 23.8 Å². The number of carbonyl (C=O) groups excluding carboxylic acids is 1. The van der Waals surface area contributed by atoms with Gasteiger partial charge >= 0.3 is 0 Å². The highest BCUT2D eigenvalue weighted by Gasteiger charge is 1.97. The Morgan fingerprint density at radius 2 is 2.27 bits per heavy atom. The summed E-state index contributed by atoms with van der Waals surface area (Å²) in [5, 5.41) is 0. The monoisotopic (exact) mass is 146 g/mol. The lowest BCUT2D eigenvalue weighted by Gasteiger charge is -2.03. The fourth-order valence-electron chi connectivity index (χ4n) is 0.801. The van der Waals surface area contributed by atoms with Crippen molar-refractivity contribution in [2.24, 2.45) is 0 Å².